The lowest BCUT2D eigenvalue weighted by Crippen LogP contribution is -2.02. The molecular formula is C15H17NO2. The smallest absolute Gasteiger partial charge is 0.363 e. The van der Waals surface area contributed by atoms with Gasteiger partial charge < -0.3 is 4.74 Å². The Bertz CT molecular complexity index is 510. The maximum atomic E-state index is 11.5. The number of cyclic esters (lactones) is 1. The second kappa shape index (κ2) is 5.17. The van der Waals surface area contributed by atoms with Gasteiger partial charge in [0, 0.05) is 6.42 Å². The monoisotopic (exact) mass is 243 g/mol. The maximum Gasteiger partial charge on any atom is 0.363 e. The van der Waals surface area contributed by atoms with Gasteiger partial charge in [0.2, 0.25) is 0 Å². The summed E-state index contributed by atoms with van der Waals surface area (Å²) in [5, 5.41) is 0. The number of ether oxygens (including phenoxy) is 1. The molecule has 0 aliphatic carbocycles. The molecule has 1 aliphatic rings. The van der Waals surface area contributed by atoms with Crippen molar-refractivity contribution in [3.63, 3.8) is 0 Å². The third kappa shape index (κ3) is 2.67. The predicted molar refractivity (Wildman–Crippen MR) is 72.3 cm³/mol. The van der Waals surface area contributed by atoms with Gasteiger partial charge in [-0.05, 0) is 23.1 Å². The number of carbonyl (C=O) groups is 1. The van der Waals surface area contributed by atoms with Crippen LogP contribution in [0.1, 0.15) is 44.2 Å². The Morgan fingerprint density at radius 3 is 2.44 bits per heavy atom. The highest BCUT2D eigenvalue weighted by Gasteiger charge is 2.21. The Balaban J connectivity index is 2.23. The van der Waals surface area contributed by atoms with Gasteiger partial charge in [-0.2, -0.15) is 0 Å². The molecule has 1 aromatic rings. The van der Waals surface area contributed by atoms with Gasteiger partial charge in [0.1, 0.15) is 0 Å². The first-order valence-electron chi connectivity index (χ1n) is 6.21. The Kier molecular flexibility index (Phi) is 3.60. The number of hydrogen-bond acceptors (Lipinski definition) is 3. The Morgan fingerprint density at radius 2 is 1.94 bits per heavy atom. The fraction of sp³-hybridized carbons (Fsp3) is 0.333. The normalized spacial score (nSPS) is 17.2. The van der Waals surface area contributed by atoms with E-state index in [1.54, 1.807) is 6.08 Å². The molecule has 0 radical (unpaired) electrons. The topological polar surface area (TPSA) is 38.7 Å². The van der Waals surface area contributed by atoms with Crippen LogP contribution in [0, 0.1) is 0 Å². The summed E-state index contributed by atoms with van der Waals surface area (Å²) in [4.78, 5) is 15.7. The molecule has 2 rings (SSSR count). The molecule has 0 unspecified atom stereocenters. The van der Waals surface area contributed by atoms with Crippen LogP contribution in [0.3, 0.4) is 0 Å². The van der Waals surface area contributed by atoms with Crippen LogP contribution >= 0.6 is 0 Å². The van der Waals surface area contributed by atoms with Crippen molar-refractivity contribution in [1.82, 2.24) is 0 Å². The average molecular weight is 243 g/mol. The second-order valence-electron chi connectivity index (χ2n) is 4.60. The van der Waals surface area contributed by atoms with Gasteiger partial charge in [0.15, 0.2) is 11.6 Å². The van der Waals surface area contributed by atoms with E-state index in [-0.39, 0.29) is 5.97 Å². The molecule has 0 fully saturated rings. The van der Waals surface area contributed by atoms with E-state index in [0.29, 0.717) is 23.9 Å². The SMILES string of the molecule is CCC1=N/C(=C/c2ccc(C(C)C)cc2)C(=O)O1. The molecule has 0 spiro atoms. The molecule has 1 heterocycles. The maximum absolute atomic E-state index is 11.5. The van der Waals surface area contributed by atoms with Crippen LogP contribution in [0.15, 0.2) is 35.0 Å². The van der Waals surface area contributed by atoms with E-state index in [1.807, 2.05) is 19.1 Å². The fourth-order valence-corrected chi connectivity index (χ4v) is 1.74. The van der Waals surface area contributed by atoms with E-state index >= 15 is 0 Å². The van der Waals surface area contributed by atoms with Crippen LogP contribution in [-0.4, -0.2) is 11.9 Å². The molecule has 0 amide bonds. The highest BCUT2D eigenvalue weighted by Crippen LogP contribution is 2.19. The summed E-state index contributed by atoms with van der Waals surface area (Å²) in [6, 6.07) is 8.13. The highest BCUT2D eigenvalue weighted by molar-refractivity contribution is 6.07. The van der Waals surface area contributed by atoms with Gasteiger partial charge >= 0.3 is 5.97 Å². The van der Waals surface area contributed by atoms with Crippen molar-refractivity contribution in [3.05, 3.63) is 41.1 Å². The zero-order valence-corrected chi connectivity index (χ0v) is 10.9. The van der Waals surface area contributed by atoms with Gasteiger partial charge in [-0.25, -0.2) is 9.79 Å². The van der Waals surface area contributed by atoms with Crippen molar-refractivity contribution in [3.8, 4) is 0 Å². The van der Waals surface area contributed by atoms with Crippen molar-refractivity contribution in [2.75, 3.05) is 0 Å². The number of carbonyl (C=O) groups excluding carboxylic acids is 1. The van der Waals surface area contributed by atoms with Crippen LogP contribution in [-0.2, 0) is 9.53 Å². The zero-order chi connectivity index (χ0) is 13.1. The Morgan fingerprint density at radius 1 is 1.28 bits per heavy atom. The van der Waals surface area contributed by atoms with Crippen LogP contribution in [0.5, 0.6) is 0 Å². The number of rotatable bonds is 3. The molecule has 3 heteroatoms. The molecule has 0 atom stereocenters. The lowest BCUT2D eigenvalue weighted by atomic mass is 10.0. The van der Waals surface area contributed by atoms with E-state index in [1.165, 1.54) is 5.56 Å². The van der Waals surface area contributed by atoms with Crippen molar-refractivity contribution in [1.29, 1.82) is 0 Å². The summed E-state index contributed by atoms with van der Waals surface area (Å²) < 4.78 is 5.00. The number of benzene rings is 1. The van der Waals surface area contributed by atoms with Gasteiger partial charge in [-0.15, -0.1) is 0 Å². The molecule has 1 aliphatic heterocycles. The van der Waals surface area contributed by atoms with Gasteiger partial charge in [-0.1, -0.05) is 45.0 Å². The van der Waals surface area contributed by atoms with E-state index in [9.17, 15) is 4.79 Å². The quantitative estimate of drug-likeness (QED) is 0.602. The first-order valence-corrected chi connectivity index (χ1v) is 6.21. The van der Waals surface area contributed by atoms with Gasteiger partial charge in [-0.3, -0.25) is 0 Å². The molecule has 0 bridgehead atoms. The van der Waals surface area contributed by atoms with Gasteiger partial charge in [0.05, 0.1) is 0 Å². The van der Waals surface area contributed by atoms with Crippen molar-refractivity contribution < 1.29 is 9.53 Å². The number of hydrogen-bond donors (Lipinski definition) is 0. The minimum atomic E-state index is -0.361. The predicted octanol–water partition coefficient (Wildman–Crippen LogP) is 3.52. The van der Waals surface area contributed by atoms with E-state index in [0.717, 1.165) is 5.56 Å². The highest BCUT2D eigenvalue weighted by atomic mass is 16.6. The first kappa shape index (κ1) is 12.6. The number of esters is 1. The summed E-state index contributed by atoms with van der Waals surface area (Å²) in [5.74, 6) is 0.637. The molecular weight excluding hydrogens is 226 g/mol. The van der Waals surface area contributed by atoms with Crippen molar-refractivity contribution in [2.24, 2.45) is 4.99 Å². The summed E-state index contributed by atoms with van der Waals surface area (Å²) in [6.07, 6.45) is 2.39. The Hall–Kier alpha value is -1.90. The molecule has 0 aromatic heterocycles. The van der Waals surface area contributed by atoms with Gasteiger partial charge in [0.25, 0.3) is 0 Å². The van der Waals surface area contributed by atoms with E-state index < -0.39 is 0 Å². The van der Waals surface area contributed by atoms with E-state index in [4.69, 9.17) is 4.74 Å². The van der Waals surface area contributed by atoms with Crippen LogP contribution in [0.2, 0.25) is 0 Å². The molecule has 1 aromatic carbocycles. The molecule has 0 saturated heterocycles. The van der Waals surface area contributed by atoms with Crippen LogP contribution in [0.25, 0.3) is 6.08 Å². The minimum Gasteiger partial charge on any atom is -0.407 e. The molecule has 94 valence electrons. The molecule has 0 N–H and O–H groups in total. The van der Waals surface area contributed by atoms with Crippen LogP contribution in [0.4, 0.5) is 0 Å². The standard InChI is InChI=1S/C15H17NO2/c1-4-14-16-13(15(17)18-14)9-11-5-7-12(8-6-11)10(2)3/h5-10H,4H2,1-3H3/b13-9+. The van der Waals surface area contributed by atoms with E-state index in [2.05, 4.69) is 31.0 Å². The molecule has 3 nitrogen and oxygen atoms in total. The summed E-state index contributed by atoms with van der Waals surface area (Å²) in [6.45, 7) is 6.21. The first-order chi connectivity index (χ1) is 8.60. The van der Waals surface area contributed by atoms with Crippen molar-refractivity contribution >= 4 is 17.9 Å². The van der Waals surface area contributed by atoms with Crippen LogP contribution < -0.4 is 0 Å². The molecule has 0 saturated carbocycles. The molecule has 18 heavy (non-hydrogen) atoms. The number of aliphatic imine (C=N–C) groups is 1. The third-order valence-corrected chi connectivity index (χ3v) is 2.87. The summed E-state index contributed by atoms with van der Waals surface area (Å²) >= 11 is 0. The number of nitrogens with zero attached hydrogens (tertiary/aromatic N) is 1. The Labute approximate surface area is 107 Å². The average Bonchev–Trinajstić information content (AvgIpc) is 2.71. The minimum absolute atomic E-state index is 0.361. The summed E-state index contributed by atoms with van der Waals surface area (Å²) in [5.41, 5.74) is 2.63. The lowest BCUT2D eigenvalue weighted by Gasteiger charge is -2.04. The third-order valence-electron chi connectivity index (χ3n) is 2.87. The summed E-state index contributed by atoms with van der Waals surface area (Å²) in [7, 11) is 0. The lowest BCUT2D eigenvalue weighted by molar-refractivity contribution is -0.130. The fourth-order valence-electron chi connectivity index (χ4n) is 1.74. The largest absolute Gasteiger partial charge is 0.407 e. The second-order valence-corrected chi connectivity index (χ2v) is 4.60. The van der Waals surface area contributed by atoms with Crippen molar-refractivity contribution in [2.45, 2.75) is 33.1 Å². The zero-order valence-electron chi connectivity index (χ0n) is 10.9.